The maximum Gasteiger partial charge on any atom is 0.326 e. The lowest BCUT2D eigenvalue weighted by atomic mass is 9.90. The number of benzene rings is 1. The average Bonchev–Trinajstić information content (AvgIpc) is 3.46. The largest absolute Gasteiger partial charge is 0.480 e. The van der Waals surface area contributed by atoms with Crippen LogP contribution in [0, 0.1) is 17.8 Å². The molecule has 0 radical (unpaired) electrons. The summed E-state index contributed by atoms with van der Waals surface area (Å²) in [5.41, 5.74) is 0.804. The summed E-state index contributed by atoms with van der Waals surface area (Å²) >= 11 is 0. The number of nitrogens with one attached hydrogen (secondary N) is 1. The molecule has 0 aliphatic carbocycles. The van der Waals surface area contributed by atoms with Gasteiger partial charge in [0.05, 0.1) is 36.6 Å². The molecule has 1 aliphatic heterocycles. The SMILES string of the molecule is CC[C@H](C)[C@@H](C(CC(=O)N1CCC[C@H]1C(OC)[C@@H](C)C(=O)N[C@@H](Cc1ccccc1)C(=O)O)OC)N(C)C(=O)CC(C)C. The van der Waals surface area contributed by atoms with E-state index in [2.05, 4.69) is 19.2 Å². The summed E-state index contributed by atoms with van der Waals surface area (Å²) in [6, 6.07) is 7.43. The van der Waals surface area contributed by atoms with Crippen molar-refractivity contribution in [3.8, 4) is 0 Å². The van der Waals surface area contributed by atoms with E-state index in [0.29, 0.717) is 19.4 Å². The van der Waals surface area contributed by atoms with Crippen molar-refractivity contribution in [2.24, 2.45) is 17.8 Å². The van der Waals surface area contributed by atoms with Crippen molar-refractivity contribution in [2.45, 2.75) is 103 Å². The Hall–Kier alpha value is -2.98. The van der Waals surface area contributed by atoms with Gasteiger partial charge in [0.15, 0.2) is 0 Å². The van der Waals surface area contributed by atoms with Crippen LogP contribution >= 0.6 is 0 Å². The van der Waals surface area contributed by atoms with E-state index < -0.39 is 36.0 Å². The van der Waals surface area contributed by atoms with Gasteiger partial charge in [0.1, 0.15) is 6.04 Å². The quantitative estimate of drug-likeness (QED) is 0.278. The van der Waals surface area contributed by atoms with Crippen LogP contribution in [0.1, 0.15) is 72.3 Å². The number of rotatable bonds is 17. The lowest BCUT2D eigenvalue weighted by Gasteiger charge is -2.39. The van der Waals surface area contributed by atoms with E-state index >= 15 is 0 Å². The molecular formula is C33H53N3O7. The first-order valence-electron chi connectivity index (χ1n) is 15.5. The summed E-state index contributed by atoms with van der Waals surface area (Å²) in [5.74, 6) is -2.02. The molecule has 0 bridgehead atoms. The molecule has 2 unspecified atom stereocenters. The summed E-state index contributed by atoms with van der Waals surface area (Å²) in [4.78, 5) is 55.6. The number of ether oxygens (including phenoxy) is 2. The predicted octanol–water partition coefficient (Wildman–Crippen LogP) is 3.76. The van der Waals surface area contributed by atoms with E-state index in [-0.39, 0.29) is 48.6 Å². The van der Waals surface area contributed by atoms with Crippen LogP contribution in [0.15, 0.2) is 30.3 Å². The monoisotopic (exact) mass is 603 g/mol. The molecule has 3 amide bonds. The second-order valence-corrected chi connectivity index (χ2v) is 12.3. The number of carbonyl (C=O) groups is 4. The molecule has 10 nitrogen and oxygen atoms in total. The van der Waals surface area contributed by atoms with E-state index in [1.54, 1.807) is 30.9 Å². The van der Waals surface area contributed by atoms with Crippen molar-refractivity contribution in [3.05, 3.63) is 35.9 Å². The van der Waals surface area contributed by atoms with E-state index in [9.17, 15) is 24.3 Å². The van der Waals surface area contributed by atoms with Crippen LogP contribution in [0.3, 0.4) is 0 Å². The molecule has 7 atom stereocenters. The highest BCUT2D eigenvalue weighted by molar-refractivity contribution is 5.85. The second kappa shape index (κ2) is 17.3. The Morgan fingerprint density at radius 3 is 2.23 bits per heavy atom. The normalized spacial score (nSPS) is 19.3. The molecule has 242 valence electrons. The Kier molecular flexibility index (Phi) is 14.6. The van der Waals surface area contributed by atoms with Crippen molar-refractivity contribution < 1.29 is 33.8 Å². The first-order chi connectivity index (χ1) is 20.4. The van der Waals surface area contributed by atoms with Crippen LogP contribution in [0.5, 0.6) is 0 Å². The number of hydrogen-bond acceptors (Lipinski definition) is 6. The van der Waals surface area contributed by atoms with Gasteiger partial charge in [0.2, 0.25) is 17.7 Å². The van der Waals surface area contributed by atoms with E-state index in [1.807, 2.05) is 44.2 Å². The van der Waals surface area contributed by atoms with Crippen LogP contribution in [0.4, 0.5) is 0 Å². The number of aliphatic carboxylic acids is 1. The van der Waals surface area contributed by atoms with Gasteiger partial charge in [0, 0.05) is 40.7 Å². The zero-order chi connectivity index (χ0) is 32.3. The van der Waals surface area contributed by atoms with Gasteiger partial charge in [-0.15, -0.1) is 0 Å². The molecule has 1 aromatic rings. The minimum Gasteiger partial charge on any atom is -0.480 e. The minimum atomic E-state index is -1.12. The first kappa shape index (κ1) is 36.2. The lowest BCUT2D eigenvalue weighted by molar-refractivity contribution is -0.147. The molecule has 1 heterocycles. The molecule has 43 heavy (non-hydrogen) atoms. The number of amides is 3. The molecule has 0 saturated carbocycles. The molecule has 2 rings (SSSR count). The van der Waals surface area contributed by atoms with Gasteiger partial charge in [0.25, 0.3) is 0 Å². The smallest absolute Gasteiger partial charge is 0.326 e. The van der Waals surface area contributed by atoms with Crippen molar-refractivity contribution in [1.82, 2.24) is 15.1 Å². The minimum absolute atomic E-state index is 0.0278. The van der Waals surface area contributed by atoms with E-state index in [1.165, 1.54) is 7.11 Å². The Labute approximate surface area is 257 Å². The standard InChI is InChI=1S/C33H53N3O7/c1-9-22(4)30(35(6)28(37)18-21(2)3)27(42-7)20-29(38)36-17-13-16-26(36)31(43-8)23(5)32(39)34-25(33(40)41)19-24-14-11-10-12-15-24/h10-12,14-15,21-23,25-27,30-31H,9,13,16-20H2,1-8H3,(H,34,39)(H,40,41)/t22-,23+,25-,26-,27?,30-,31?/m0/s1. The Morgan fingerprint density at radius 2 is 1.70 bits per heavy atom. The molecule has 0 aromatic heterocycles. The number of likely N-dealkylation sites (tertiary alicyclic amines) is 1. The molecule has 1 aliphatic rings. The van der Waals surface area contributed by atoms with Gasteiger partial charge < -0.3 is 29.7 Å². The van der Waals surface area contributed by atoms with E-state index in [4.69, 9.17) is 9.47 Å². The highest BCUT2D eigenvalue weighted by atomic mass is 16.5. The van der Waals surface area contributed by atoms with Gasteiger partial charge in [-0.1, -0.05) is 71.4 Å². The molecule has 10 heteroatoms. The molecule has 1 saturated heterocycles. The molecule has 0 spiro atoms. The number of likely N-dealkylation sites (N-methyl/N-ethyl adjacent to an activating group) is 1. The zero-order valence-corrected chi connectivity index (χ0v) is 27.2. The van der Waals surface area contributed by atoms with E-state index in [0.717, 1.165) is 18.4 Å². The van der Waals surface area contributed by atoms with Crippen LogP contribution < -0.4 is 5.32 Å². The molecule has 1 fully saturated rings. The van der Waals surface area contributed by atoms with Crippen molar-refractivity contribution in [3.63, 3.8) is 0 Å². The fourth-order valence-corrected chi connectivity index (χ4v) is 6.17. The maximum atomic E-state index is 13.8. The van der Waals surface area contributed by atoms with Crippen molar-refractivity contribution >= 4 is 23.7 Å². The zero-order valence-electron chi connectivity index (χ0n) is 27.2. The summed E-state index contributed by atoms with van der Waals surface area (Å²) in [5, 5.41) is 12.5. The third-order valence-electron chi connectivity index (χ3n) is 8.78. The summed E-state index contributed by atoms with van der Waals surface area (Å²) in [7, 11) is 4.88. The summed E-state index contributed by atoms with van der Waals surface area (Å²) in [6.07, 6.45) is 1.79. The van der Waals surface area contributed by atoms with Crippen LogP contribution in [0.2, 0.25) is 0 Å². The summed E-state index contributed by atoms with van der Waals surface area (Å²) < 4.78 is 11.7. The lowest BCUT2D eigenvalue weighted by Crippen LogP contribution is -2.54. The average molecular weight is 604 g/mol. The number of carboxylic acids is 1. The number of hydrogen-bond donors (Lipinski definition) is 2. The van der Waals surface area contributed by atoms with Gasteiger partial charge in [-0.2, -0.15) is 0 Å². The third-order valence-corrected chi connectivity index (χ3v) is 8.78. The van der Waals surface area contributed by atoms with Crippen LogP contribution in [-0.2, 0) is 35.1 Å². The van der Waals surface area contributed by atoms with Gasteiger partial charge in [-0.25, -0.2) is 4.79 Å². The fourth-order valence-electron chi connectivity index (χ4n) is 6.17. The maximum absolute atomic E-state index is 13.8. The number of carbonyl (C=O) groups excluding carboxylic acids is 3. The van der Waals surface area contributed by atoms with Crippen LogP contribution in [-0.4, -0.2) is 96.7 Å². The molecular weight excluding hydrogens is 550 g/mol. The summed E-state index contributed by atoms with van der Waals surface area (Å²) in [6.45, 7) is 10.4. The number of carboxylic acid groups (broad SMARTS) is 1. The Morgan fingerprint density at radius 1 is 1.05 bits per heavy atom. The topological polar surface area (TPSA) is 125 Å². The molecule has 1 aromatic carbocycles. The fraction of sp³-hybridized carbons (Fsp3) is 0.697. The van der Waals surface area contributed by atoms with Gasteiger partial charge >= 0.3 is 5.97 Å². The number of nitrogens with zero attached hydrogens (tertiary/aromatic N) is 2. The number of methoxy groups -OCH3 is 2. The third kappa shape index (κ3) is 10.0. The van der Waals surface area contributed by atoms with Crippen molar-refractivity contribution in [2.75, 3.05) is 27.8 Å². The highest BCUT2D eigenvalue weighted by Crippen LogP contribution is 2.29. The first-order valence-corrected chi connectivity index (χ1v) is 15.5. The Balaban J connectivity index is 2.18. The highest BCUT2D eigenvalue weighted by Gasteiger charge is 2.42. The second-order valence-electron chi connectivity index (χ2n) is 12.3. The van der Waals surface area contributed by atoms with Crippen LogP contribution in [0.25, 0.3) is 0 Å². The van der Waals surface area contributed by atoms with Gasteiger partial charge in [-0.05, 0) is 30.2 Å². The molecule has 2 N–H and O–H groups in total. The predicted molar refractivity (Wildman–Crippen MR) is 165 cm³/mol. The van der Waals surface area contributed by atoms with Crippen molar-refractivity contribution in [1.29, 1.82) is 0 Å². The Bertz CT molecular complexity index is 1050. The van der Waals surface area contributed by atoms with Gasteiger partial charge in [-0.3, -0.25) is 14.4 Å².